The molecular formula is C15H19NO4. The Morgan fingerprint density at radius 3 is 2.70 bits per heavy atom. The van der Waals surface area contributed by atoms with Crippen LogP contribution in [0.3, 0.4) is 0 Å². The Morgan fingerprint density at radius 2 is 2.10 bits per heavy atom. The highest BCUT2D eigenvalue weighted by atomic mass is 16.7. The minimum Gasteiger partial charge on any atom is -0.425 e. The van der Waals surface area contributed by atoms with Crippen LogP contribution >= 0.6 is 0 Å². The van der Waals surface area contributed by atoms with E-state index in [1.54, 1.807) is 38.3 Å². The van der Waals surface area contributed by atoms with E-state index in [9.17, 15) is 9.59 Å². The SMILES string of the molecule is C=Cc1cc(C(C)C(=O)OC(C)OC(=O)CC)ccn1. The molecule has 0 aromatic carbocycles. The minimum absolute atomic E-state index is 0.241. The molecule has 1 heterocycles. The molecule has 1 aromatic heterocycles. The first-order valence-corrected chi connectivity index (χ1v) is 6.46. The summed E-state index contributed by atoms with van der Waals surface area (Å²) < 4.78 is 9.97. The van der Waals surface area contributed by atoms with E-state index < -0.39 is 24.1 Å². The maximum atomic E-state index is 12.0. The van der Waals surface area contributed by atoms with Gasteiger partial charge in [0, 0.05) is 19.5 Å². The lowest BCUT2D eigenvalue weighted by molar-refractivity contribution is -0.185. The minimum atomic E-state index is -0.891. The van der Waals surface area contributed by atoms with Crippen LogP contribution in [0.2, 0.25) is 0 Å². The predicted molar refractivity (Wildman–Crippen MR) is 74.7 cm³/mol. The molecule has 1 rings (SSSR count). The van der Waals surface area contributed by atoms with Crippen LogP contribution in [-0.2, 0) is 19.1 Å². The Bertz CT molecular complexity index is 498. The summed E-state index contributed by atoms with van der Waals surface area (Å²) in [7, 11) is 0. The van der Waals surface area contributed by atoms with Crippen LogP contribution in [-0.4, -0.2) is 23.2 Å². The Labute approximate surface area is 118 Å². The van der Waals surface area contributed by atoms with E-state index >= 15 is 0 Å². The van der Waals surface area contributed by atoms with E-state index in [-0.39, 0.29) is 6.42 Å². The number of esters is 2. The standard InChI is InChI=1S/C15H19NO4/c1-5-13-9-12(7-8-16-13)10(3)15(18)20-11(4)19-14(17)6-2/h5,7-11H,1,6H2,2-4H3. The second-order valence-corrected chi connectivity index (χ2v) is 4.29. The molecule has 1 aromatic rings. The van der Waals surface area contributed by atoms with Gasteiger partial charge in [0.25, 0.3) is 0 Å². The summed E-state index contributed by atoms with van der Waals surface area (Å²) in [6.45, 7) is 8.54. The monoisotopic (exact) mass is 277 g/mol. The number of hydrogen-bond acceptors (Lipinski definition) is 5. The number of carbonyl (C=O) groups excluding carboxylic acids is 2. The van der Waals surface area contributed by atoms with Crippen LogP contribution in [0, 0.1) is 0 Å². The molecule has 0 saturated carbocycles. The van der Waals surface area contributed by atoms with Crippen molar-refractivity contribution in [3.05, 3.63) is 36.2 Å². The zero-order chi connectivity index (χ0) is 15.1. The quantitative estimate of drug-likeness (QED) is 0.591. The number of pyridine rings is 1. The average Bonchev–Trinajstić information content (AvgIpc) is 2.46. The third-order valence-electron chi connectivity index (χ3n) is 2.74. The molecule has 20 heavy (non-hydrogen) atoms. The highest BCUT2D eigenvalue weighted by Crippen LogP contribution is 2.18. The molecule has 2 unspecified atom stereocenters. The summed E-state index contributed by atoms with van der Waals surface area (Å²) in [6.07, 6.45) is 2.56. The molecule has 108 valence electrons. The molecule has 2 atom stereocenters. The van der Waals surface area contributed by atoms with Crippen LogP contribution in [0.5, 0.6) is 0 Å². The van der Waals surface area contributed by atoms with Crippen molar-refractivity contribution in [2.75, 3.05) is 0 Å². The molecule has 0 aliphatic carbocycles. The van der Waals surface area contributed by atoms with Crippen LogP contribution in [0.1, 0.15) is 44.4 Å². The second-order valence-electron chi connectivity index (χ2n) is 4.29. The van der Waals surface area contributed by atoms with Crippen molar-refractivity contribution in [1.29, 1.82) is 0 Å². The molecular weight excluding hydrogens is 258 g/mol. The van der Waals surface area contributed by atoms with Crippen LogP contribution in [0.4, 0.5) is 0 Å². The number of carbonyl (C=O) groups is 2. The maximum absolute atomic E-state index is 12.0. The Hall–Kier alpha value is -2.17. The lowest BCUT2D eigenvalue weighted by atomic mass is 10.0. The van der Waals surface area contributed by atoms with Gasteiger partial charge in [-0.05, 0) is 30.7 Å². The van der Waals surface area contributed by atoms with Gasteiger partial charge < -0.3 is 9.47 Å². The van der Waals surface area contributed by atoms with Gasteiger partial charge in [0.05, 0.1) is 11.6 Å². The van der Waals surface area contributed by atoms with E-state index in [0.29, 0.717) is 5.69 Å². The summed E-state index contributed by atoms with van der Waals surface area (Å²) in [6, 6.07) is 3.50. The van der Waals surface area contributed by atoms with Crippen molar-refractivity contribution in [3.8, 4) is 0 Å². The topological polar surface area (TPSA) is 65.5 Å². The van der Waals surface area contributed by atoms with Crippen LogP contribution < -0.4 is 0 Å². The molecule has 0 radical (unpaired) electrons. The lowest BCUT2D eigenvalue weighted by Crippen LogP contribution is -2.24. The molecule has 5 nitrogen and oxygen atoms in total. The van der Waals surface area contributed by atoms with Crippen molar-refractivity contribution in [2.24, 2.45) is 0 Å². The maximum Gasteiger partial charge on any atom is 0.316 e. The van der Waals surface area contributed by atoms with Gasteiger partial charge >= 0.3 is 11.9 Å². The Balaban J connectivity index is 2.66. The third-order valence-corrected chi connectivity index (χ3v) is 2.74. The average molecular weight is 277 g/mol. The van der Waals surface area contributed by atoms with Crippen molar-refractivity contribution in [1.82, 2.24) is 4.98 Å². The van der Waals surface area contributed by atoms with Crippen LogP contribution in [0.25, 0.3) is 6.08 Å². The largest absolute Gasteiger partial charge is 0.425 e. The van der Waals surface area contributed by atoms with Gasteiger partial charge in [-0.25, -0.2) is 0 Å². The van der Waals surface area contributed by atoms with Crippen molar-refractivity contribution in [3.63, 3.8) is 0 Å². The smallest absolute Gasteiger partial charge is 0.316 e. The fourth-order valence-corrected chi connectivity index (χ4v) is 1.54. The van der Waals surface area contributed by atoms with Gasteiger partial charge in [0.15, 0.2) is 0 Å². The van der Waals surface area contributed by atoms with Crippen LogP contribution in [0.15, 0.2) is 24.9 Å². The molecule has 0 amide bonds. The summed E-state index contributed by atoms with van der Waals surface area (Å²) in [4.78, 5) is 27.1. The molecule has 0 fully saturated rings. The van der Waals surface area contributed by atoms with Crippen molar-refractivity contribution < 1.29 is 19.1 Å². The number of nitrogens with zero attached hydrogens (tertiary/aromatic N) is 1. The van der Waals surface area contributed by atoms with Gasteiger partial charge in [-0.2, -0.15) is 0 Å². The fraction of sp³-hybridized carbons (Fsp3) is 0.400. The zero-order valence-electron chi connectivity index (χ0n) is 12.0. The normalized spacial score (nSPS) is 13.2. The molecule has 0 spiro atoms. The molecule has 0 aliphatic heterocycles. The predicted octanol–water partition coefficient (Wildman–Crippen LogP) is 2.67. The van der Waals surface area contributed by atoms with E-state index in [2.05, 4.69) is 11.6 Å². The highest BCUT2D eigenvalue weighted by molar-refractivity contribution is 5.78. The van der Waals surface area contributed by atoms with Gasteiger partial charge in [-0.3, -0.25) is 14.6 Å². The Morgan fingerprint density at radius 1 is 1.40 bits per heavy atom. The number of ether oxygens (including phenoxy) is 2. The number of rotatable bonds is 6. The first kappa shape index (κ1) is 15.9. The number of aromatic nitrogens is 1. The molecule has 0 aliphatic rings. The van der Waals surface area contributed by atoms with E-state index in [4.69, 9.17) is 9.47 Å². The number of hydrogen-bond donors (Lipinski definition) is 0. The molecule has 0 N–H and O–H groups in total. The lowest BCUT2D eigenvalue weighted by Gasteiger charge is -2.17. The molecule has 0 saturated heterocycles. The molecule has 5 heteroatoms. The fourth-order valence-electron chi connectivity index (χ4n) is 1.54. The van der Waals surface area contributed by atoms with E-state index in [1.807, 2.05) is 0 Å². The second kappa shape index (κ2) is 7.43. The summed E-state index contributed by atoms with van der Waals surface area (Å²) >= 11 is 0. The van der Waals surface area contributed by atoms with Gasteiger partial charge in [0.1, 0.15) is 0 Å². The van der Waals surface area contributed by atoms with Gasteiger partial charge in [-0.15, -0.1) is 0 Å². The Kier molecular flexibility index (Phi) is 5.90. The summed E-state index contributed by atoms with van der Waals surface area (Å²) in [5.41, 5.74) is 1.46. The van der Waals surface area contributed by atoms with Crippen molar-refractivity contribution >= 4 is 18.0 Å². The highest BCUT2D eigenvalue weighted by Gasteiger charge is 2.21. The zero-order valence-corrected chi connectivity index (χ0v) is 12.0. The summed E-state index contributed by atoms with van der Waals surface area (Å²) in [5, 5.41) is 0. The first-order chi connectivity index (χ1) is 9.47. The van der Waals surface area contributed by atoms with Gasteiger partial charge in [-0.1, -0.05) is 13.5 Å². The van der Waals surface area contributed by atoms with E-state index in [0.717, 1.165) is 5.56 Å². The van der Waals surface area contributed by atoms with Gasteiger partial charge in [0.2, 0.25) is 6.29 Å². The van der Waals surface area contributed by atoms with E-state index in [1.165, 1.54) is 6.92 Å². The summed E-state index contributed by atoms with van der Waals surface area (Å²) in [5.74, 6) is -1.34. The van der Waals surface area contributed by atoms with Crippen molar-refractivity contribution in [2.45, 2.75) is 39.4 Å². The molecule has 0 bridgehead atoms. The third kappa shape index (κ3) is 4.50. The first-order valence-electron chi connectivity index (χ1n) is 6.46.